The fraction of sp³-hybridized carbons (Fsp3) is 0.280. The van der Waals surface area contributed by atoms with Crippen LogP contribution in [0.1, 0.15) is 29.4 Å². The zero-order valence-corrected chi connectivity index (χ0v) is 18.7. The lowest BCUT2D eigenvalue weighted by molar-refractivity contribution is -0.128. The Morgan fingerprint density at radius 2 is 1.97 bits per heavy atom. The summed E-state index contributed by atoms with van der Waals surface area (Å²) in [5, 5.41) is 2.40. The van der Waals surface area contributed by atoms with Crippen molar-refractivity contribution in [1.82, 2.24) is 5.32 Å². The van der Waals surface area contributed by atoms with E-state index >= 15 is 0 Å². The molecule has 1 N–H and O–H groups in total. The highest BCUT2D eigenvalue weighted by Crippen LogP contribution is 2.42. The molecule has 2 atom stereocenters. The summed E-state index contributed by atoms with van der Waals surface area (Å²) in [6, 6.07) is 17.8. The predicted octanol–water partition coefficient (Wildman–Crippen LogP) is 4.86. The smallest absolute Gasteiger partial charge is 0.241 e. The van der Waals surface area contributed by atoms with Crippen molar-refractivity contribution < 1.29 is 14.0 Å². The Morgan fingerprint density at radius 1 is 1.16 bits per heavy atom. The van der Waals surface area contributed by atoms with Crippen LogP contribution in [0.4, 0.5) is 5.69 Å². The number of hydrogen-bond acceptors (Lipinski definition) is 4. The van der Waals surface area contributed by atoms with Crippen LogP contribution in [0.2, 0.25) is 0 Å². The van der Waals surface area contributed by atoms with Crippen molar-refractivity contribution >= 4 is 29.3 Å². The van der Waals surface area contributed by atoms with Gasteiger partial charge in [-0.2, -0.15) is 0 Å². The summed E-state index contributed by atoms with van der Waals surface area (Å²) < 4.78 is 5.29. The minimum Gasteiger partial charge on any atom is -0.467 e. The second-order valence-electron chi connectivity index (χ2n) is 7.95. The number of nitrogens with zero attached hydrogens (tertiary/aromatic N) is 1. The fourth-order valence-corrected chi connectivity index (χ4v) is 5.03. The van der Waals surface area contributed by atoms with E-state index in [1.165, 1.54) is 11.8 Å². The lowest BCUT2D eigenvalue weighted by Crippen LogP contribution is -2.47. The van der Waals surface area contributed by atoms with Crippen molar-refractivity contribution in [2.45, 2.75) is 44.0 Å². The molecule has 0 fully saturated rings. The molecule has 0 aliphatic carbocycles. The normalized spacial score (nSPS) is 16.7. The second-order valence-corrected chi connectivity index (χ2v) is 9.13. The van der Waals surface area contributed by atoms with E-state index in [9.17, 15) is 9.59 Å². The fourth-order valence-electron chi connectivity index (χ4n) is 3.75. The summed E-state index contributed by atoms with van der Waals surface area (Å²) in [5.41, 5.74) is 4.33. The summed E-state index contributed by atoms with van der Waals surface area (Å²) in [6.07, 6.45) is 1.58. The molecule has 6 heteroatoms. The van der Waals surface area contributed by atoms with Crippen LogP contribution >= 0.6 is 11.8 Å². The van der Waals surface area contributed by atoms with E-state index < -0.39 is 11.2 Å². The zero-order chi connectivity index (χ0) is 22.0. The van der Waals surface area contributed by atoms with Crippen LogP contribution in [0.5, 0.6) is 0 Å². The van der Waals surface area contributed by atoms with E-state index in [0.717, 1.165) is 27.3 Å². The summed E-state index contributed by atoms with van der Waals surface area (Å²) in [5.74, 6) is 0.00515. The van der Waals surface area contributed by atoms with Crippen LogP contribution < -0.4 is 10.2 Å². The lowest BCUT2D eigenvalue weighted by Gasteiger charge is -2.36. The van der Waals surface area contributed by atoms with E-state index in [4.69, 9.17) is 4.42 Å². The SMILES string of the molecule is Cc1ccc(C)c(CN2C(=O)C(C(C)C(=O)NCc3ccco3)Sc3ccccc32)c1. The van der Waals surface area contributed by atoms with Crippen molar-refractivity contribution in [2.24, 2.45) is 5.92 Å². The Bertz CT molecular complexity index is 1090. The summed E-state index contributed by atoms with van der Waals surface area (Å²) in [7, 11) is 0. The molecule has 0 spiro atoms. The molecule has 0 bridgehead atoms. The molecule has 0 saturated heterocycles. The predicted molar refractivity (Wildman–Crippen MR) is 123 cm³/mol. The van der Waals surface area contributed by atoms with E-state index in [1.807, 2.05) is 42.2 Å². The molecule has 0 radical (unpaired) electrons. The maximum Gasteiger partial charge on any atom is 0.241 e. The largest absolute Gasteiger partial charge is 0.467 e. The van der Waals surface area contributed by atoms with Crippen molar-refractivity contribution in [2.75, 3.05) is 4.90 Å². The van der Waals surface area contributed by atoms with Gasteiger partial charge in [0.25, 0.3) is 0 Å². The maximum atomic E-state index is 13.6. The minimum atomic E-state index is -0.489. The first-order chi connectivity index (χ1) is 14.9. The van der Waals surface area contributed by atoms with Gasteiger partial charge in [0.15, 0.2) is 0 Å². The van der Waals surface area contributed by atoms with Gasteiger partial charge >= 0.3 is 0 Å². The summed E-state index contributed by atoms with van der Waals surface area (Å²) in [6.45, 7) is 6.73. The second kappa shape index (κ2) is 9.02. The number of aryl methyl sites for hydroxylation is 2. The average molecular weight is 435 g/mol. The molecule has 5 nitrogen and oxygen atoms in total. The van der Waals surface area contributed by atoms with E-state index in [-0.39, 0.29) is 11.8 Å². The molecule has 4 rings (SSSR count). The Kier molecular flexibility index (Phi) is 6.18. The lowest BCUT2D eigenvalue weighted by atomic mass is 10.0. The monoisotopic (exact) mass is 434 g/mol. The quantitative estimate of drug-likeness (QED) is 0.602. The van der Waals surface area contributed by atoms with Gasteiger partial charge in [0.1, 0.15) is 11.0 Å². The number of anilines is 1. The molecule has 1 aliphatic heterocycles. The number of para-hydroxylation sites is 1. The number of benzene rings is 2. The van der Waals surface area contributed by atoms with Crippen molar-refractivity contribution in [3.8, 4) is 0 Å². The molecule has 3 aromatic rings. The van der Waals surface area contributed by atoms with Gasteiger partial charge in [0, 0.05) is 4.90 Å². The van der Waals surface area contributed by atoms with E-state index in [1.54, 1.807) is 12.3 Å². The summed E-state index contributed by atoms with van der Waals surface area (Å²) >= 11 is 1.47. The van der Waals surface area contributed by atoms with Gasteiger partial charge in [-0.3, -0.25) is 9.59 Å². The van der Waals surface area contributed by atoms with Crippen LogP contribution in [-0.4, -0.2) is 17.1 Å². The first-order valence-electron chi connectivity index (χ1n) is 10.4. The van der Waals surface area contributed by atoms with Crippen LogP contribution in [0.3, 0.4) is 0 Å². The highest BCUT2D eigenvalue weighted by molar-refractivity contribution is 8.01. The Balaban J connectivity index is 1.58. The average Bonchev–Trinajstić information content (AvgIpc) is 3.29. The van der Waals surface area contributed by atoms with Gasteiger partial charge in [0.2, 0.25) is 11.8 Å². The number of furan rings is 1. The van der Waals surface area contributed by atoms with Gasteiger partial charge in [-0.05, 0) is 49.2 Å². The van der Waals surface area contributed by atoms with Crippen molar-refractivity contribution in [3.05, 3.63) is 83.3 Å². The van der Waals surface area contributed by atoms with Crippen molar-refractivity contribution in [1.29, 1.82) is 0 Å². The minimum absolute atomic E-state index is 0.0368. The zero-order valence-electron chi connectivity index (χ0n) is 17.9. The molecule has 2 unspecified atom stereocenters. The Labute approximate surface area is 186 Å². The molecule has 1 aromatic heterocycles. The third-order valence-electron chi connectivity index (χ3n) is 5.64. The third-order valence-corrected chi connectivity index (χ3v) is 7.10. The van der Waals surface area contributed by atoms with Crippen LogP contribution in [0.25, 0.3) is 0 Å². The number of carbonyl (C=O) groups excluding carboxylic acids is 2. The highest BCUT2D eigenvalue weighted by atomic mass is 32.2. The van der Waals surface area contributed by atoms with Gasteiger partial charge < -0.3 is 14.6 Å². The molecular formula is C25H26N2O3S. The molecule has 160 valence electrons. The number of amides is 2. The van der Waals surface area contributed by atoms with E-state index in [2.05, 4.69) is 37.4 Å². The molecule has 2 aromatic carbocycles. The molecule has 2 amide bonds. The number of nitrogens with one attached hydrogen (secondary N) is 1. The Morgan fingerprint density at radius 3 is 2.74 bits per heavy atom. The number of hydrogen-bond donors (Lipinski definition) is 1. The molecule has 1 aliphatic rings. The molecule has 31 heavy (non-hydrogen) atoms. The topological polar surface area (TPSA) is 62.6 Å². The van der Waals surface area contributed by atoms with Gasteiger partial charge in [0.05, 0.1) is 31.0 Å². The van der Waals surface area contributed by atoms with Crippen molar-refractivity contribution in [3.63, 3.8) is 0 Å². The highest BCUT2D eigenvalue weighted by Gasteiger charge is 2.39. The van der Waals surface area contributed by atoms with Crippen LogP contribution in [0.15, 0.2) is 70.2 Å². The number of carbonyl (C=O) groups is 2. The first kappa shape index (κ1) is 21.2. The molecule has 0 saturated carbocycles. The molecule has 2 heterocycles. The molecular weight excluding hydrogens is 408 g/mol. The van der Waals surface area contributed by atoms with Gasteiger partial charge in [-0.1, -0.05) is 42.8 Å². The number of fused-ring (bicyclic) bond motifs is 1. The Hall–Kier alpha value is -2.99. The standard InChI is InChI=1S/C25H26N2O3S/c1-16-10-11-17(2)19(13-16)15-27-21-8-4-5-9-22(21)31-23(25(27)29)18(3)24(28)26-14-20-7-6-12-30-20/h4-13,18,23H,14-15H2,1-3H3,(H,26,28). The maximum absolute atomic E-state index is 13.6. The van der Waals surface area contributed by atoms with E-state index in [0.29, 0.717) is 18.8 Å². The first-order valence-corrected chi connectivity index (χ1v) is 11.3. The summed E-state index contributed by atoms with van der Waals surface area (Å²) in [4.78, 5) is 29.2. The van der Waals surface area contributed by atoms with Gasteiger partial charge in [-0.15, -0.1) is 11.8 Å². The van der Waals surface area contributed by atoms with Crippen LogP contribution in [-0.2, 0) is 22.7 Å². The number of rotatable bonds is 6. The third kappa shape index (κ3) is 4.54. The van der Waals surface area contributed by atoms with Gasteiger partial charge in [-0.25, -0.2) is 0 Å². The number of thioether (sulfide) groups is 1. The van der Waals surface area contributed by atoms with Crippen LogP contribution in [0, 0.1) is 19.8 Å².